The molecule has 2 rings (SSSR count). The maximum Gasteiger partial charge on any atom is 0.167 e. The van der Waals surface area contributed by atoms with Crippen LogP contribution in [-0.4, -0.2) is 6.61 Å². The van der Waals surface area contributed by atoms with E-state index >= 15 is 0 Å². The van der Waals surface area contributed by atoms with Crippen molar-refractivity contribution >= 4 is 0 Å². The zero-order chi connectivity index (χ0) is 15.2. The van der Waals surface area contributed by atoms with Gasteiger partial charge in [0.05, 0.1) is 6.04 Å². The minimum atomic E-state index is -0.722. The van der Waals surface area contributed by atoms with Gasteiger partial charge in [0.2, 0.25) is 0 Å². The molecule has 0 aliphatic rings. The van der Waals surface area contributed by atoms with Gasteiger partial charge in [0.1, 0.15) is 12.4 Å². The molecule has 112 valence electrons. The highest BCUT2D eigenvalue weighted by atomic mass is 19.1. The van der Waals surface area contributed by atoms with Crippen molar-refractivity contribution in [2.24, 2.45) is 5.73 Å². The van der Waals surface area contributed by atoms with Gasteiger partial charge in [-0.15, -0.1) is 0 Å². The molecule has 2 N–H and O–H groups in total. The molecule has 2 aromatic rings. The maximum absolute atomic E-state index is 13.4. The summed E-state index contributed by atoms with van der Waals surface area (Å²) >= 11 is 0. The molecule has 0 aliphatic carbocycles. The first-order valence-electron chi connectivity index (χ1n) is 7.02. The minimum absolute atomic E-state index is 0.00875. The predicted octanol–water partition coefficient (Wildman–Crippen LogP) is 4.00. The zero-order valence-corrected chi connectivity index (χ0v) is 12.0. The van der Waals surface area contributed by atoms with Crippen LogP contribution in [0.25, 0.3) is 0 Å². The molecule has 4 heteroatoms. The van der Waals surface area contributed by atoms with Crippen molar-refractivity contribution in [3.05, 3.63) is 65.2 Å². The first kappa shape index (κ1) is 15.4. The number of nitrogens with two attached hydrogens (primary N) is 1. The third kappa shape index (κ3) is 4.26. The van der Waals surface area contributed by atoms with E-state index in [0.717, 1.165) is 30.5 Å². The van der Waals surface area contributed by atoms with Crippen molar-refractivity contribution in [3.63, 3.8) is 0 Å². The lowest BCUT2D eigenvalue weighted by atomic mass is 10.0. The fourth-order valence-corrected chi connectivity index (χ4v) is 2.09. The van der Waals surface area contributed by atoms with Crippen molar-refractivity contribution in [2.45, 2.75) is 25.8 Å². The molecular weight excluding hydrogens is 272 g/mol. The average Bonchev–Trinajstić information content (AvgIpc) is 2.47. The quantitative estimate of drug-likeness (QED) is 0.873. The first-order chi connectivity index (χ1) is 10.1. The molecule has 21 heavy (non-hydrogen) atoms. The van der Waals surface area contributed by atoms with Crippen LogP contribution in [0.15, 0.2) is 42.5 Å². The summed E-state index contributed by atoms with van der Waals surface area (Å²) in [6.07, 6.45) is 2.13. The van der Waals surface area contributed by atoms with Gasteiger partial charge in [-0.05, 0) is 29.7 Å². The molecule has 0 saturated heterocycles. The van der Waals surface area contributed by atoms with E-state index in [9.17, 15) is 8.78 Å². The Labute approximate surface area is 123 Å². The van der Waals surface area contributed by atoms with Crippen LogP contribution in [-0.2, 0) is 6.42 Å². The van der Waals surface area contributed by atoms with Gasteiger partial charge in [0, 0.05) is 6.07 Å². The zero-order valence-electron chi connectivity index (χ0n) is 12.0. The Kier molecular flexibility index (Phi) is 5.28. The molecule has 0 spiro atoms. The van der Waals surface area contributed by atoms with Crippen molar-refractivity contribution in [2.75, 3.05) is 6.61 Å². The third-order valence-corrected chi connectivity index (χ3v) is 3.26. The highest BCUT2D eigenvalue weighted by molar-refractivity contribution is 5.27. The maximum atomic E-state index is 13.4. The summed E-state index contributed by atoms with van der Waals surface area (Å²) in [7, 11) is 0. The molecule has 0 bridgehead atoms. The molecule has 0 radical (unpaired) electrons. The van der Waals surface area contributed by atoms with Crippen LogP contribution in [0.4, 0.5) is 8.78 Å². The predicted molar refractivity (Wildman–Crippen MR) is 79.2 cm³/mol. The smallest absolute Gasteiger partial charge is 0.167 e. The number of benzene rings is 2. The molecular formula is C17H19F2NO. The van der Waals surface area contributed by atoms with E-state index in [4.69, 9.17) is 10.5 Å². The molecule has 0 heterocycles. The van der Waals surface area contributed by atoms with E-state index in [1.54, 1.807) is 0 Å². The van der Waals surface area contributed by atoms with E-state index in [-0.39, 0.29) is 18.4 Å². The lowest BCUT2D eigenvalue weighted by molar-refractivity contribution is 0.276. The molecule has 0 amide bonds. The molecule has 0 fully saturated rings. The highest BCUT2D eigenvalue weighted by Crippen LogP contribution is 2.20. The molecule has 2 aromatic carbocycles. The van der Waals surface area contributed by atoms with E-state index < -0.39 is 11.6 Å². The highest BCUT2D eigenvalue weighted by Gasteiger charge is 2.10. The Hall–Kier alpha value is -1.94. The van der Waals surface area contributed by atoms with E-state index in [0.29, 0.717) is 0 Å². The van der Waals surface area contributed by atoms with Crippen molar-refractivity contribution in [3.8, 4) is 5.75 Å². The van der Waals surface area contributed by atoms with Crippen molar-refractivity contribution in [1.82, 2.24) is 0 Å². The van der Waals surface area contributed by atoms with Gasteiger partial charge < -0.3 is 10.5 Å². The van der Waals surface area contributed by atoms with Crippen LogP contribution < -0.4 is 10.5 Å². The lowest BCUT2D eigenvalue weighted by Gasteiger charge is -2.14. The van der Waals surface area contributed by atoms with Crippen LogP contribution in [0.2, 0.25) is 0 Å². The Morgan fingerprint density at radius 3 is 2.43 bits per heavy atom. The fraction of sp³-hybridized carbons (Fsp3) is 0.294. The van der Waals surface area contributed by atoms with Crippen molar-refractivity contribution in [1.29, 1.82) is 0 Å². The lowest BCUT2D eigenvalue weighted by Crippen LogP contribution is -2.19. The third-order valence-electron chi connectivity index (χ3n) is 3.26. The second kappa shape index (κ2) is 7.18. The molecule has 1 unspecified atom stereocenters. The van der Waals surface area contributed by atoms with Gasteiger partial charge in [0.15, 0.2) is 11.6 Å². The van der Waals surface area contributed by atoms with Crippen LogP contribution >= 0.6 is 0 Å². The Morgan fingerprint density at radius 2 is 1.81 bits per heavy atom. The van der Waals surface area contributed by atoms with Gasteiger partial charge in [-0.2, -0.15) is 0 Å². The van der Waals surface area contributed by atoms with Gasteiger partial charge in [-0.25, -0.2) is 8.78 Å². The summed E-state index contributed by atoms with van der Waals surface area (Å²) < 4.78 is 31.5. The van der Waals surface area contributed by atoms with E-state index in [1.165, 1.54) is 11.6 Å². The Morgan fingerprint density at radius 1 is 1.10 bits per heavy atom. The van der Waals surface area contributed by atoms with Gasteiger partial charge in [-0.3, -0.25) is 0 Å². The van der Waals surface area contributed by atoms with Crippen LogP contribution in [0.1, 0.15) is 30.5 Å². The first-order valence-corrected chi connectivity index (χ1v) is 7.02. The number of ether oxygens (including phenoxy) is 1. The van der Waals surface area contributed by atoms with Crippen LogP contribution in [0.3, 0.4) is 0 Å². The normalized spacial score (nSPS) is 12.2. The number of aryl methyl sites for hydroxylation is 1. The summed E-state index contributed by atoms with van der Waals surface area (Å²) in [6, 6.07) is 10.9. The second-order valence-electron chi connectivity index (χ2n) is 4.98. The Bertz CT molecular complexity index is 584. The standard InChI is InChI=1S/C17H19F2NO/c1-2-3-12-4-6-13(7-5-12)16(20)11-21-17-9-8-14(18)10-15(17)19/h4-10,16H,2-3,11,20H2,1H3. The van der Waals surface area contributed by atoms with Crippen LogP contribution in [0, 0.1) is 11.6 Å². The van der Waals surface area contributed by atoms with Gasteiger partial charge in [0.25, 0.3) is 0 Å². The summed E-state index contributed by atoms with van der Waals surface area (Å²) in [5.74, 6) is -1.34. The number of rotatable bonds is 6. The number of hydrogen-bond donors (Lipinski definition) is 1. The number of hydrogen-bond acceptors (Lipinski definition) is 2. The van der Waals surface area contributed by atoms with Gasteiger partial charge in [-0.1, -0.05) is 37.6 Å². The van der Waals surface area contributed by atoms with E-state index in [2.05, 4.69) is 6.92 Å². The summed E-state index contributed by atoms with van der Waals surface area (Å²) in [6.45, 7) is 2.26. The molecule has 0 aliphatic heterocycles. The fourth-order valence-electron chi connectivity index (χ4n) is 2.09. The molecule has 2 nitrogen and oxygen atoms in total. The topological polar surface area (TPSA) is 35.2 Å². The molecule has 0 aromatic heterocycles. The number of halogens is 2. The minimum Gasteiger partial charge on any atom is -0.489 e. The molecule has 0 saturated carbocycles. The van der Waals surface area contributed by atoms with E-state index in [1.807, 2.05) is 24.3 Å². The van der Waals surface area contributed by atoms with Gasteiger partial charge >= 0.3 is 0 Å². The monoisotopic (exact) mass is 291 g/mol. The summed E-state index contributed by atoms with van der Waals surface area (Å²) in [4.78, 5) is 0. The second-order valence-corrected chi connectivity index (χ2v) is 4.98. The van der Waals surface area contributed by atoms with Crippen molar-refractivity contribution < 1.29 is 13.5 Å². The van der Waals surface area contributed by atoms with Crippen LogP contribution in [0.5, 0.6) is 5.75 Å². The summed E-state index contributed by atoms with van der Waals surface area (Å²) in [5.41, 5.74) is 8.22. The Balaban J connectivity index is 1.96. The largest absolute Gasteiger partial charge is 0.489 e. The molecule has 1 atom stereocenters. The average molecular weight is 291 g/mol. The summed E-state index contributed by atoms with van der Waals surface area (Å²) in [5, 5.41) is 0. The SMILES string of the molecule is CCCc1ccc(C(N)COc2ccc(F)cc2F)cc1.